The Hall–Kier alpha value is -1.62. The fraction of sp³-hybridized carbons (Fsp3) is 0.375. The molecule has 4 nitrogen and oxygen atoms in total. The van der Waals surface area contributed by atoms with Crippen LogP contribution < -0.4 is 5.32 Å². The summed E-state index contributed by atoms with van der Waals surface area (Å²) >= 11 is 3.40. The Labute approximate surface area is 133 Å². The molecule has 0 aromatic heterocycles. The van der Waals surface area contributed by atoms with Crippen LogP contribution in [-0.2, 0) is 9.59 Å². The Morgan fingerprint density at radius 2 is 1.95 bits per heavy atom. The predicted octanol–water partition coefficient (Wildman–Crippen LogP) is 3.47. The van der Waals surface area contributed by atoms with Crippen LogP contribution in [0.2, 0.25) is 0 Å². The van der Waals surface area contributed by atoms with Crippen molar-refractivity contribution in [3.8, 4) is 0 Å². The number of rotatable bonds is 5. The molecule has 1 aromatic carbocycles. The van der Waals surface area contributed by atoms with Crippen LogP contribution in [0.5, 0.6) is 0 Å². The van der Waals surface area contributed by atoms with Crippen molar-refractivity contribution in [2.45, 2.75) is 33.2 Å². The fourth-order valence-electron chi connectivity index (χ4n) is 1.74. The number of benzene rings is 1. The van der Waals surface area contributed by atoms with Gasteiger partial charge < -0.3 is 10.4 Å². The zero-order valence-electron chi connectivity index (χ0n) is 12.4. The second-order valence-corrected chi connectivity index (χ2v) is 6.73. The molecule has 0 aliphatic carbocycles. The van der Waals surface area contributed by atoms with E-state index in [4.69, 9.17) is 5.11 Å². The fourth-order valence-corrected chi connectivity index (χ4v) is 2.16. The first-order valence-corrected chi connectivity index (χ1v) is 7.44. The van der Waals surface area contributed by atoms with Gasteiger partial charge in [-0.25, -0.2) is 0 Å². The summed E-state index contributed by atoms with van der Waals surface area (Å²) in [5.74, 6) is -1.23. The van der Waals surface area contributed by atoms with Crippen molar-refractivity contribution in [3.63, 3.8) is 0 Å². The van der Waals surface area contributed by atoms with Crippen molar-refractivity contribution in [1.29, 1.82) is 0 Å². The lowest BCUT2D eigenvalue weighted by Gasteiger charge is -2.29. The van der Waals surface area contributed by atoms with E-state index in [1.807, 2.05) is 45.0 Å². The standard InChI is InChI=1S/C16H20BrNO3/c1-16(2,3)13(10-15(20)21)18-14(19)9-8-11-6-4-5-7-12(11)17/h4-9,13H,10H2,1-3H3,(H,18,19)(H,20,21)/b9-8+. The van der Waals surface area contributed by atoms with Crippen molar-refractivity contribution < 1.29 is 14.7 Å². The number of carbonyl (C=O) groups is 2. The van der Waals surface area contributed by atoms with Gasteiger partial charge in [-0.15, -0.1) is 0 Å². The maximum absolute atomic E-state index is 12.0. The summed E-state index contributed by atoms with van der Waals surface area (Å²) in [6.07, 6.45) is 3.01. The van der Waals surface area contributed by atoms with E-state index in [9.17, 15) is 9.59 Å². The molecule has 2 N–H and O–H groups in total. The number of carboxylic acids is 1. The molecule has 0 bridgehead atoms. The van der Waals surface area contributed by atoms with Crippen LogP contribution in [0, 0.1) is 5.41 Å². The highest BCUT2D eigenvalue weighted by atomic mass is 79.9. The topological polar surface area (TPSA) is 66.4 Å². The lowest BCUT2D eigenvalue weighted by Crippen LogP contribution is -2.44. The quantitative estimate of drug-likeness (QED) is 0.796. The summed E-state index contributed by atoms with van der Waals surface area (Å²) in [7, 11) is 0. The molecule has 1 unspecified atom stereocenters. The lowest BCUT2D eigenvalue weighted by atomic mass is 9.84. The van der Waals surface area contributed by atoms with Crippen LogP contribution >= 0.6 is 15.9 Å². The molecule has 1 atom stereocenters. The van der Waals surface area contributed by atoms with Crippen LogP contribution in [0.4, 0.5) is 0 Å². The van der Waals surface area contributed by atoms with E-state index in [2.05, 4.69) is 21.2 Å². The molecule has 114 valence electrons. The van der Waals surface area contributed by atoms with E-state index >= 15 is 0 Å². The van der Waals surface area contributed by atoms with Gasteiger partial charge in [0, 0.05) is 16.6 Å². The highest BCUT2D eigenvalue weighted by molar-refractivity contribution is 9.10. The van der Waals surface area contributed by atoms with E-state index in [0.717, 1.165) is 10.0 Å². The van der Waals surface area contributed by atoms with Gasteiger partial charge in [0.05, 0.1) is 6.42 Å². The SMILES string of the molecule is CC(C)(C)C(CC(=O)O)NC(=O)/C=C/c1ccccc1Br. The summed E-state index contributed by atoms with van der Waals surface area (Å²) in [4.78, 5) is 22.8. The minimum Gasteiger partial charge on any atom is -0.481 e. The largest absolute Gasteiger partial charge is 0.481 e. The van der Waals surface area contributed by atoms with Gasteiger partial charge in [0.25, 0.3) is 0 Å². The molecule has 0 spiro atoms. The van der Waals surface area contributed by atoms with Gasteiger partial charge in [-0.1, -0.05) is 54.9 Å². The number of aliphatic carboxylic acids is 1. The second kappa shape index (κ2) is 7.41. The molecule has 0 saturated heterocycles. The number of carbonyl (C=O) groups excluding carboxylic acids is 1. The van der Waals surface area contributed by atoms with Crippen molar-refractivity contribution >= 4 is 33.9 Å². The zero-order valence-corrected chi connectivity index (χ0v) is 14.0. The maximum atomic E-state index is 12.0. The smallest absolute Gasteiger partial charge is 0.305 e. The number of halogens is 1. The molecule has 0 heterocycles. The minimum atomic E-state index is -0.926. The van der Waals surface area contributed by atoms with E-state index in [-0.39, 0.29) is 17.7 Å². The van der Waals surface area contributed by atoms with E-state index < -0.39 is 12.0 Å². The van der Waals surface area contributed by atoms with Gasteiger partial charge >= 0.3 is 5.97 Å². The molecule has 0 fully saturated rings. The third kappa shape index (κ3) is 6.12. The second-order valence-electron chi connectivity index (χ2n) is 5.88. The van der Waals surface area contributed by atoms with Gasteiger partial charge in [-0.05, 0) is 23.1 Å². The number of hydrogen-bond acceptors (Lipinski definition) is 2. The number of amides is 1. The van der Waals surface area contributed by atoms with Gasteiger partial charge in [-0.3, -0.25) is 9.59 Å². The molecular formula is C16H20BrNO3. The number of nitrogens with one attached hydrogen (secondary N) is 1. The number of hydrogen-bond donors (Lipinski definition) is 2. The van der Waals surface area contributed by atoms with Gasteiger partial charge in [0.1, 0.15) is 0 Å². The molecule has 21 heavy (non-hydrogen) atoms. The average Bonchev–Trinajstić information content (AvgIpc) is 2.35. The van der Waals surface area contributed by atoms with Crippen LogP contribution in [0.3, 0.4) is 0 Å². The monoisotopic (exact) mass is 353 g/mol. The Balaban J connectivity index is 2.75. The third-order valence-electron chi connectivity index (χ3n) is 3.06. The molecule has 1 amide bonds. The summed E-state index contributed by atoms with van der Waals surface area (Å²) in [5, 5.41) is 11.7. The van der Waals surface area contributed by atoms with Crippen molar-refractivity contribution in [2.75, 3.05) is 0 Å². The summed E-state index contributed by atoms with van der Waals surface area (Å²) < 4.78 is 0.895. The Morgan fingerprint density at radius 3 is 2.48 bits per heavy atom. The molecule has 1 rings (SSSR count). The first kappa shape index (κ1) is 17.4. The van der Waals surface area contributed by atoms with Gasteiger partial charge in [-0.2, -0.15) is 0 Å². The molecule has 1 aromatic rings. The van der Waals surface area contributed by atoms with Crippen LogP contribution in [0.25, 0.3) is 6.08 Å². The van der Waals surface area contributed by atoms with Crippen LogP contribution in [0.15, 0.2) is 34.8 Å². The summed E-state index contributed by atoms with van der Waals surface area (Å²) in [6, 6.07) is 7.12. The molecular weight excluding hydrogens is 334 g/mol. The zero-order chi connectivity index (χ0) is 16.0. The van der Waals surface area contributed by atoms with Crippen LogP contribution in [-0.4, -0.2) is 23.0 Å². The molecule has 5 heteroatoms. The van der Waals surface area contributed by atoms with Crippen LogP contribution in [0.1, 0.15) is 32.8 Å². The highest BCUT2D eigenvalue weighted by Gasteiger charge is 2.27. The molecule has 0 saturated carbocycles. The first-order valence-electron chi connectivity index (χ1n) is 6.65. The Kier molecular flexibility index (Phi) is 6.15. The van der Waals surface area contributed by atoms with Crippen molar-refractivity contribution in [3.05, 3.63) is 40.4 Å². The summed E-state index contributed by atoms with van der Waals surface area (Å²) in [6.45, 7) is 5.70. The summed E-state index contributed by atoms with van der Waals surface area (Å²) in [5.41, 5.74) is 0.563. The predicted molar refractivity (Wildman–Crippen MR) is 86.8 cm³/mol. The van der Waals surface area contributed by atoms with Crippen molar-refractivity contribution in [1.82, 2.24) is 5.32 Å². The normalized spacial score (nSPS) is 13.1. The Morgan fingerprint density at radius 1 is 1.33 bits per heavy atom. The first-order chi connectivity index (χ1) is 9.70. The lowest BCUT2D eigenvalue weighted by molar-refractivity contribution is -0.138. The van der Waals surface area contributed by atoms with E-state index in [1.54, 1.807) is 6.08 Å². The third-order valence-corrected chi connectivity index (χ3v) is 3.78. The minimum absolute atomic E-state index is 0.0991. The van der Waals surface area contributed by atoms with Gasteiger partial charge in [0.2, 0.25) is 5.91 Å². The van der Waals surface area contributed by atoms with Gasteiger partial charge in [0.15, 0.2) is 0 Å². The molecule has 0 aliphatic heterocycles. The molecule has 0 aliphatic rings. The number of carboxylic acid groups (broad SMARTS) is 1. The van der Waals surface area contributed by atoms with E-state index in [1.165, 1.54) is 6.08 Å². The highest BCUT2D eigenvalue weighted by Crippen LogP contribution is 2.22. The van der Waals surface area contributed by atoms with E-state index in [0.29, 0.717) is 0 Å². The Bertz CT molecular complexity index is 547. The van der Waals surface area contributed by atoms with Crippen molar-refractivity contribution in [2.24, 2.45) is 5.41 Å². The average molecular weight is 354 g/mol. The maximum Gasteiger partial charge on any atom is 0.305 e. The molecule has 0 radical (unpaired) electrons.